The highest BCUT2D eigenvalue weighted by Gasteiger charge is 2.30. The van der Waals surface area contributed by atoms with E-state index in [1.807, 2.05) is 13.0 Å². The van der Waals surface area contributed by atoms with Crippen molar-refractivity contribution in [3.8, 4) is 11.3 Å². The minimum atomic E-state index is -3.68. The lowest BCUT2D eigenvalue weighted by atomic mass is 10.1. The van der Waals surface area contributed by atoms with E-state index >= 15 is 0 Å². The van der Waals surface area contributed by atoms with Crippen LogP contribution in [0, 0.1) is 19.7 Å². The van der Waals surface area contributed by atoms with Gasteiger partial charge in [-0.1, -0.05) is 29.4 Å². The second-order valence-corrected chi connectivity index (χ2v) is 9.57. The van der Waals surface area contributed by atoms with E-state index in [2.05, 4.69) is 10.1 Å². The molecule has 1 aliphatic heterocycles. The molecule has 0 atom stereocenters. The Labute approximate surface area is 176 Å². The third-order valence-electron chi connectivity index (χ3n) is 5.28. The van der Waals surface area contributed by atoms with E-state index in [9.17, 15) is 12.8 Å². The highest BCUT2D eigenvalue weighted by atomic mass is 32.2. The standard InChI is InChI=1S/C22H24FN3O3S/c1-16-4-7-19(21-12-17(2)24-29-21)13-22(16)30(27,28)26-11-3-10-25(15-26)14-18-5-8-20(23)9-6-18/h4-9,12-13H,3,10-11,14-15H2,1-2H3. The minimum Gasteiger partial charge on any atom is -0.356 e. The normalized spacial score (nSPS) is 16.1. The molecule has 3 aromatic rings. The first-order valence-electron chi connectivity index (χ1n) is 9.84. The van der Waals surface area contributed by atoms with Crippen LogP contribution in [0.5, 0.6) is 0 Å². The summed E-state index contributed by atoms with van der Waals surface area (Å²) in [6, 6.07) is 13.4. The van der Waals surface area contributed by atoms with Crippen molar-refractivity contribution < 1.29 is 17.3 Å². The molecule has 4 rings (SSSR count). The zero-order valence-electron chi connectivity index (χ0n) is 17.0. The number of nitrogens with zero attached hydrogens (tertiary/aromatic N) is 3. The molecule has 8 heteroatoms. The molecule has 158 valence electrons. The molecule has 0 bridgehead atoms. The van der Waals surface area contributed by atoms with E-state index in [1.165, 1.54) is 16.4 Å². The topological polar surface area (TPSA) is 66.7 Å². The fourth-order valence-corrected chi connectivity index (χ4v) is 5.39. The summed E-state index contributed by atoms with van der Waals surface area (Å²) in [5.74, 6) is 0.263. The third-order valence-corrected chi connectivity index (χ3v) is 7.25. The molecule has 0 amide bonds. The Morgan fingerprint density at radius 3 is 2.53 bits per heavy atom. The fraction of sp³-hybridized carbons (Fsp3) is 0.318. The van der Waals surface area contributed by atoms with Gasteiger partial charge < -0.3 is 4.52 Å². The molecule has 0 N–H and O–H groups in total. The second-order valence-electron chi connectivity index (χ2n) is 7.67. The molecule has 1 saturated heterocycles. The van der Waals surface area contributed by atoms with E-state index in [0.29, 0.717) is 36.6 Å². The summed E-state index contributed by atoms with van der Waals surface area (Å²) in [6.07, 6.45) is 0.737. The van der Waals surface area contributed by atoms with Crippen molar-refractivity contribution in [3.63, 3.8) is 0 Å². The maximum atomic E-state index is 13.4. The number of benzene rings is 2. The first kappa shape index (κ1) is 20.7. The van der Waals surface area contributed by atoms with Crippen molar-refractivity contribution in [1.82, 2.24) is 14.4 Å². The highest BCUT2D eigenvalue weighted by molar-refractivity contribution is 7.89. The Bertz CT molecular complexity index is 1140. The van der Waals surface area contributed by atoms with Crippen LogP contribution in [0.2, 0.25) is 0 Å². The molecular formula is C22H24FN3O3S. The number of sulfonamides is 1. The lowest BCUT2D eigenvalue weighted by Crippen LogP contribution is -2.47. The largest absolute Gasteiger partial charge is 0.356 e. The molecule has 1 fully saturated rings. The second kappa shape index (κ2) is 8.29. The van der Waals surface area contributed by atoms with Crippen LogP contribution >= 0.6 is 0 Å². The minimum absolute atomic E-state index is 0.276. The van der Waals surface area contributed by atoms with Gasteiger partial charge in [-0.25, -0.2) is 12.8 Å². The monoisotopic (exact) mass is 429 g/mol. The number of hydrogen-bond donors (Lipinski definition) is 0. The van der Waals surface area contributed by atoms with Crippen LogP contribution in [-0.2, 0) is 16.6 Å². The average Bonchev–Trinajstić information content (AvgIpc) is 3.16. The zero-order valence-corrected chi connectivity index (χ0v) is 17.8. The highest BCUT2D eigenvalue weighted by Crippen LogP contribution is 2.29. The smallest absolute Gasteiger partial charge is 0.244 e. The van der Waals surface area contributed by atoms with Crippen LogP contribution in [0.15, 0.2) is 57.9 Å². The van der Waals surface area contributed by atoms with Crippen molar-refractivity contribution >= 4 is 10.0 Å². The molecule has 0 radical (unpaired) electrons. The molecule has 6 nitrogen and oxygen atoms in total. The van der Waals surface area contributed by atoms with Crippen LogP contribution in [0.4, 0.5) is 4.39 Å². The van der Waals surface area contributed by atoms with Crippen molar-refractivity contribution in [2.45, 2.75) is 31.7 Å². The van der Waals surface area contributed by atoms with E-state index in [4.69, 9.17) is 4.52 Å². The summed E-state index contributed by atoms with van der Waals surface area (Å²) in [4.78, 5) is 2.34. The molecule has 1 aromatic heterocycles. The van der Waals surface area contributed by atoms with Crippen LogP contribution in [0.3, 0.4) is 0 Å². The lowest BCUT2D eigenvalue weighted by molar-refractivity contribution is 0.140. The van der Waals surface area contributed by atoms with Crippen molar-refractivity contribution in [1.29, 1.82) is 0 Å². The Hall–Kier alpha value is -2.55. The van der Waals surface area contributed by atoms with Gasteiger partial charge in [-0.2, -0.15) is 4.31 Å². The summed E-state index contributed by atoms with van der Waals surface area (Å²) >= 11 is 0. The van der Waals surface area contributed by atoms with Gasteiger partial charge in [0.05, 0.1) is 17.3 Å². The molecular weight excluding hydrogens is 405 g/mol. The lowest BCUT2D eigenvalue weighted by Gasteiger charge is -2.35. The Morgan fingerprint density at radius 2 is 1.83 bits per heavy atom. The summed E-state index contributed by atoms with van der Waals surface area (Å²) in [5.41, 5.74) is 3.06. The molecule has 1 aliphatic rings. The summed E-state index contributed by atoms with van der Waals surface area (Å²) in [6.45, 7) is 5.74. The molecule has 0 spiro atoms. The summed E-state index contributed by atoms with van der Waals surface area (Å²) < 4.78 is 46.9. The maximum Gasteiger partial charge on any atom is 0.244 e. The molecule has 30 heavy (non-hydrogen) atoms. The molecule has 0 saturated carbocycles. The van der Waals surface area contributed by atoms with Crippen LogP contribution in [-0.4, -0.2) is 42.5 Å². The van der Waals surface area contributed by atoms with E-state index in [1.54, 1.807) is 37.3 Å². The number of aromatic nitrogens is 1. The predicted molar refractivity (Wildman–Crippen MR) is 112 cm³/mol. The van der Waals surface area contributed by atoms with Gasteiger partial charge in [-0.05, 0) is 49.6 Å². The molecule has 0 unspecified atom stereocenters. The number of rotatable bonds is 5. The van der Waals surface area contributed by atoms with Crippen molar-refractivity contribution in [2.75, 3.05) is 19.8 Å². The van der Waals surface area contributed by atoms with Crippen molar-refractivity contribution in [2.24, 2.45) is 0 Å². The van der Waals surface area contributed by atoms with E-state index < -0.39 is 10.0 Å². The first-order chi connectivity index (χ1) is 14.3. The summed E-state index contributed by atoms with van der Waals surface area (Å²) in [5, 5.41) is 3.89. The number of halogens is 1. The van der Waals surface area contributed by atoms with Gasteiger partial charge in [0.15, 0.2) is 5.76 Å². The SMILES string of the molecule is Cc1cc(-c2ccc(C)c(S(=O)(=O)N3CCCN(Cc4ccc(F)cc4)C3)c2)on1. The van der Waals surface area contributed by atoms with Gasteiger partial charge in [0.1, 0.15) is 5.82 Å². The third kappa shape index (κ3) is 4.30. The van der Waals surface area contributed by atoms with Gasteiger partial charge in [-0.3, -0.25) is 4.90 Å². The first-order valence-corrected chi connectivity index (χ1v) is 11.3. The van der Waals surface area contributed by atoms with Gasteiger partial charge >= 0.3 is 0 Å². The zero-order chi connectivity index (χ0) is 21.3. The number of hydrogen-bond acceptors (Lipinski definition) is 5. The van der Waals surface area contributed by atoms with Crippen LogP contribution in [0.25, 0.3) is 11.3 Å². The molecule has 2 heterocycles. The van der Waals surface area contributed by atoms with Crippen LogP contribution in [0.1, 0.15) is 23.2 Å². The van der Waals surface area contributed by atoms with Gasteiger partial charge in [0.25, 0.3) is 0 Å². The van der Waals surface area contributed by atoms with Crippen LogP contribution < -0.4 is 0 Å². The fourth-order valence-electron chi connectivity index (χ4n) is 3.68. The summed E-state index contributed by atoms with van der Waals surface area (Å²) in [7, 11) is -3.68. The van der Waals surface area contributed by atoms with Gasteiger partial charge in [-0.15, -0.1) is 0 Å². The number of aryl methyl sites for hydroxylation is 2. The Balaban J connectivity index is 1.57. The van der Waals surface area contributed by atoms with E-state index in [0.717, 1.165) is 24.2 Å². The molecule has 2 aromatic carbocycles. The van der Waals surface area contributed by atoms with Gasteiger partial charge in [0, 0.05) is 31.3 Å². The van der Waals surface area contributed by atoms with Crippen molar-refractivity contribution in [3.05, 3.63) is 71.2 Å². The molecule has 0 aliphatic carbocycles. The maximum absolute atomic E-state index is 13.4. The predicted octanol–water partition coefficient (Wildman–Crippen LogP) is 3.95. The quantitative estimate of drug-likeness (QED) is 0.614. The Kier molecular flexibility index (Phi) is 5.73. The van der Waals surface area contributed by atoms with E-state index in [-0.39, 0.29) is 10.7 Å². The van der Waals surface area contributed by atoms with Gasteiger partial charge in [0.2, 0.25) is 10.0 Å². The Morgan fingerprint density at radius 1 is 1.07 bits per heavy atom. The average molecular weight is 430 g/mol.